The maximum atomic E-state index is 13.0. The zero-order valence-corrected chi connectivity index (χ0v) is 14.6. The molecule has 1 unspecified atom stereocenters. The van der Waals surface area contributed by atoms with Gasteiger partial charge in [0.1, 0.15) is 5.82 Å². The Morgan fingerprint density at radius 2 is 1.74 bits per heavy atom. The lowest BCUT2D eigenvalue weighted by Crippen LogP contribution is -2.04. The molecule has 2 aromatic carbocycles. The van der Waals surface area contributed by atoms with E-state index in [9.17, 15) is 22.2 Å². The van der Waals surface area contributed by atoms with Gasteiger partial charge in [0.05, 0.1) is 9.73 Å². The number of alkyl halides is 2. The standard InChI is InChI=1S/C17H12F3N3O3S/c1-27(25,13-8-6-12(18)7-9-13)23-16(24)11-4-2-10(3-5-11)15-21-17(14(19)20)26-22-15/h2-9,14H,1H3. The Hall–Kier alpha value is -3.01. The summed E-state index contributed by atoms with van der Waals surface area (Å²) in [5.74, 6) is -2.08. The second-order valence-electron chi connectivity index (χ2n) is 5.49. The van der Waals surface area contributed by atoms with Crippen LogP contribution < -0.4 is 0 Å². The summed E-state index contributed by atoms with van der Waals surface area (Å²) >= 11 is 0. The van der Waals surface area contributed by atoms with E-state index in [0.717, 1.165) is 12.1 Å². The topological polar surface area (TPSA) is 85.4 Å². The van der Waals surface area contributed by atoms with Gasteiger partial charge in [-0.1, -0.05) is 17.3 Å². The first-order chi connectivity index (χ1) is 12.8. The van der Waals surface area contributed by atoms with E-state index >= 15 is 0 Å². The van der Waals surface area contributed by atoms with Gasteiger partial charge < -0.3 is 4.52 Å². The smallest absolute Gasteiger partial charge is 0.315 e. The highest BCUT2D eigenvalue weighted by Gasteiger charge is 2.18. The average Bonchev–Trinajstić information content (AvgIpc) is 3.12. The Morgan fingerprint density at radius 1 is 1.11 bits per heavy atom. The van der Waals surface area contributed by atoms with Crippen molar-refractivity contribution in [1.29, 1.82) is 0 Å². The molecular formula is C17H12F3N3O3S. The van der Waals surface area contributed by atoms with Crippen molar-refractivity contribution in [2.45, 2.75) is 11.3 Å². The van der Waals surface area contributed by atoms with Gasteiger partial charge in [-0.25, -0.2) is 8.60 Å². The summed E-state index contributed by atoms with van der Waals surface area (Å²) in [5, 5.41) is 3.44. The fourth-order valence-corrected chi connectivity index (χ4v) is 3.32. The first-order valence-corrected chi connectivity index (χ1v) is 9.43. The first kappa shape index (κ1) is 18.8. The van der Waals surface area contributed by atoms with E-state index in [1.165, 1.54) is 42.7 Å². The molecule has 10 heteroatoms. The van der Waals surface area contributed by atoms with Gasteiger partial charge in [-0.2, -0.15) is 18.1 Å². The van der Waals surface area contributed by atoms with E-state index in [2.05, 4.69) is 19.0 Å². The summed E-state index contributed by atoms with van der Waals surface area (Å²) in [7, 11) is -3.06. The molecule has 3 aromatic rings. The lowest BCUT2D eigenvalue weighted by molar-refractivity contribution is 0.100. The molecule has 0 saturated heterocycles. The number of halogens is 3. The van der Waals surface area contributed by atoms with Crippen LogP contribution in [-0.4, -0.2) is 26.5 Å². The van der Waals surface area contributed by atoms with Crippen LogP contribution in [0.4, 0.5) is 13.2 Å². The lowest BCUT2D eigenvalue weighted by Gasteiger charge is -2.04. The largest absolute Gasteiger partial charge is 0.333 e. The van der Waals surface area contributed by atoms with Gasteiger partial charge >= 0.3 is 6.43 Å². The number of hydrogen-bond acceptors (Lipinski definition) is 5. The number of hydrogen-bond donors (Lipinski definition) is 0. The van der Waals surface area contributed by atoms with Crippen molar-refractivity contribution in [2.75, 3.05) is 6.26 Å². The van der Waals surface area contributed by atoms with Crippen LogP contribution in [-0.2, 0) is 9.73 Å². The third-order valence-electron chi connectivity index (χ3n) is 3.53. The van der Waals surface area contributed by atoms with Crippen molar-refractivity contribution >= 4 is 15.6 Å². The maximum Gasteiger partial charge on any atom is 0.315 e. The van der Waals surface area contributed by atoms with Gasteiger partial charge in [-0.05, 0) is 36.4 Å². The van der Waals surface area contributed by atoms with Crippen molar-refractivity contribution in [1.82, 2.24) is 10.1 Å². The van der Waals surface area contributed by atoms with E-state index < -0.39 is 33.8 Å². The van der Waals surface area contributed by atoms with E-state index in [1.54, 1.807) is 0 Å². The van der Waals surface area contributed by atoms with Crippen molar-refractivity contribution in [3.8, 4) is 11.4 Å². The molecule has 0 bridgehead atoms. The molecule has 1 amide bonds. The molecule has 0 fully saturated rings. The van der Waals surface area contributed by atoms with Crippen LogP contribution in [0, 0.1) is 5.82 Å². The van der Waals surface area contributed by atoms with E-state index in [1.807, 2.05) is 0 Å². The molecule has 0 aliphatic heterocycles. The number of carbonyl (C=O) groups excluding carboxylic acids is 1. The van der Waals surface area contributed by atoms with Gasteiger partial charge in [-0.15, -0.1) is 0 Å². The molecule has 0 N–H and O–H groups in total. The monoisotopic (exact) mass is 395 g/mol. The SMILES string of the molecule is CS(=O)(=NC(=O)c1ccc(-c2noc(C(F)F)n2)cc1)c1ccc(F)cc1. The van der Waals surface area contributed by atoms with Crippen LogP contribution in [0.25, 0.3) is 11.4 Å². The first-order valence-electron chi connectivity index (χ1n) is 7.50. The summed E-state index contributed by atoms with van der Waals surface area (Å²) in [6, 6.07) is 10.5. The second-order valence-corrected chi connectivity index (χ2v) is 7.75. The van der Waals surface area contributed by atoms with Gasteiger partial charge in [-0.3, -0.25) is 4.79 Å². The molecule has 1 aromatic heterocycles. The summed E-state index contributed by atoms with van der Waals surface area (Å²) in [4.78, 5) is 16.0. The van der Waals surface area contributed by atoms with Crippen molar-refractivity contribution in [3.05, 3.63) is 65.8 Å². The molecule has 0 radical (unpaired) electrons. The molecule has 1 atom stereocenters. The Morgan fingerprint density at radius 3 is 2.30 bits per heavy atom. The quantitative estimate of drug-likeness (QED) is 0.664. The van der Waals surface area contributed by atoms with Crippen LogP contribution in [0.1, 0.15) is 22.7 Å². The molecule has 0 spiro atoms. The highest BCUT2D eigenvalue weighted by molar-refractivity contribution is 7.93. The number of nitrogens with zero attached hydrogens (tertiary/aromatic N) is 3. The third kappa shape index (κ3) is 4.22. The van der Waals surface area contributed by atoms with Crippen molar-refractivity contribution in [2.24, 2.45) is 4.36 Å². The van der Waals surface area contributed by atoms with E-state index in [4.69, 9.17) is 0 Å². The van der Waals surface area contributed by atoms with Crippen LogP contribution in [0.2, 0.25) is 0 Å². The average molecular weight is 395 g/mol. The zero-order chi connectivity index (χ0) is 19.6. The van der Waals surface area contributed by atoms with Gasteiger partial charge in [0.25, 0.3) is 11.8 Å². The van der Waals surface area contributed by atoms with Crippen LogP contribution in [0.3, 0.4) is 0 Å². The summed E-state index contributed by atoms with van der Waals surface area (Å²) < 4.78 is 58.7. The molecule has 0 aliphatic carbocycles. The summed E-state index contributed by atoms with van der Waals surface area (Å²) in [6.07, 6.45) is -1.60. The van der Waals surface area contributed by atoms with Crippen LogP contribution in [0.15, 0.2) is 62.3 Å². The van der Waals surface area contributed by atoms with Gasteiger partial charge in [0.2, 0.25) is 5.82 Å². The minimum atomic E-state index is -3.06. The summed E-state index contributed by atoms with van der Waals surface area (Å²) in [6.45, 7) is 0. The fourth-order valence-electron chi connectivity index (χ4n) is 2.15. The van der Waals surface area contributed by atoms with E-state index in [-0.39, 0.29) is 16.3 Å². The number of carbonyl (C=O) groups is 1. The second kappa shape index (κ2) is 7.31. The van der Waals surface area contributed by atoms with Crippen LogP contribution >= 0.6 is 0 Å². The van der Waals surface area contributed by atoms with Crippen molar-refractivity contribution in [3.63, 3.8) is 0 Å². The molecule has 27 heavy (non-hydrogen) atoms. The molecule has 3 rings (SSSR count). The molecule has 1 heterocycles. The fraction of sp³-hybridized carbons (Fsp3) is 0.118. The van der Waals surface area contributed by atoms with E-state index in [0.29, 0.717) is 5.56 Å². The summed E-state index contributed by atoms with van der Waals surface area (Å²) in [5.41, 5.74) is 0.492. The lowest BCUT2D eigenvalue weighted by atomic mass is 10.1. The number of rotatable bonds is 4. The predicted molar refractivity (Wildman–Crippen MR) is 90.2 cm³/mol. The zero-order valence-electron chi connectivity index (χ0n) is 13.8. The Kier molecular flexibility index (Phi) is 5.08. The molecule has 6 nitrogen and oxygen atoms in total. The number of benzene rings is 2. The van der Waals surface area contributed by atoms with Crippen LogP contribution in [0.5, 0.6) is 0 Å². The molecule has 0 saturated carbocycles. The van der Waals surface area contributed by atoms with Crippen molar-refractivity contribution < 1.29 is 26.7 Å². The maximum absolute atomic E-state index is 13.0. The Bertz CT molecular complexity index is 1090. The number of amides is 1. The minimum Gasteiger partial charge on any atom is -0.333 e. The third-order valence-corrected chi connectivity index (χ3v) is 5.19. The predicted octanol–water partition coefficient (Wildman–Crippen LogP) is 4.11. The normalized spacial score (nSPS) is 13.4. The molecule has 0 aliphatic rings. The highest BCUT2D eigenvalue weighted by atomic mass is 32.2. The molecule has 140 valence electrons. The Labute approximate surface area is 152 Å². The minimum absolute atomic E-state index is 0.0492. The molecular weight excluding hydrogens is 383 g/mol. The number of aromatic nitrogens is 2. The van der Waals surface area contributed by atoms with Gasteiger partial charge in [0.15, 0.2) is 0 Å². The Balaban J connectivity index is 1.84. The highest BCUT2D eigenvalue weighted by Crippen LogP contribution is 2.22. The van der Waals surface area contributed by atoms with Gasteiger partial charge in [0, 0.05) is 22.3 Å².